The first-order chi connectivity index (χ1) is 10.2. The lowest BCUT2D eigenvalue weighted by Crippen LogP contribution is -1.93. The van der Waals surface area contributed by atoms with Gasteiger partial charge in [-0.1, -0.05) is 12.1 Å². The van der Waals surface area contributed by atoms with Gasteiger partial charge in [0.2, 0.25) is 0 Å². The van der Waals surface area contributed by atoms with Crippen molar-refractivity contribution in [3.05, 3.63) is 53.4 Å². The maximum Gasteiger partial charge on any atom is 0.199 e. The molecular weight excluding hydrogens is 266 g/mol. The van der Waals surface area contributed by atoms with E-state index in [4.69, 9.17) is 13.9 Å². The van der Waals surface area contributed by atoms with Gasteiger partial charge in [0.1, 0.15) is 5.52 Å². The summed E-state index contributed by atoms with van der Waals surface area (Å²) in [6.07, 6.45) is 0.619. The minimum Gasteiger partial charge on any atom is -0.493 e. The van der Waals surface area contributed by atoms with Crippen LogP contribution in [0.4, 0.5) is 0 Å². The Kier molecular flexibility index (Phi) is 3.52. The van der Waals surface area contributed by atoms with Crippen LogP contribution < -0.4 is 9.47 Å². The van der Waals surface area contributed by atoms with E-state index < -0.39 is 0 Å². The van der Waals surface area contributed by atoms with Gasteiger partial charge in [-0.05, 0) is 42.3 Å². The number of ether oxygens (including phenoxy) is 2. The number of rotatable bonds is 4. The van der Waals surface area contributed by atoms with Crippen molar-refractivity contribution in [1.29, 1.82) is 0 Å². The van der Waals surface area contributed by atoms with Crippen molar-refractivity contribution in [1.82, 2.24) is 4.98 Å². The van der Waals surface area contributed by atoms with Crippen molar-refractivity contribution in [2.24, 2.45) is 0 Å². The van der Waals surface area contributed by atoms with Gasteiger partial charge in [-0.25, -0.2) is 4.98 Å². The topological polar surface area (TPSA) is 44.5 Å². The zero-order valence-electron chi connectivity index (χ0n) is 12.3. The fraction of sp³-hybridized carbons (Fsp3) is 0.235. The molecule has 0 saturated heterocycles. The number of aromatic nitrogens is 1. The van der Waals surface area contributed by atoms with Crippen LogP contribution in [0.15, 0.2) is 40.8 Å². The lowest BCUT2D eigenvalue weighted by molar-refractivity contribution is 0.354. The molecule has 0 aliphatic carbocycles. The predicted molar refractivity (Wildman–Crippen MR) is 81.1 cm³/mol. The minimum atomic E-state index is 0.619. The quantitative estimate of drug-likeness (QED) is 0.731. The number of hydrogen-bond acceptors (Lipinski definition) is 4. The van der Waals surface area contributed by atoms with Gasteiger partial charge in [0.15, 0.2) is 23.0 Å². The van der Waals surface area contributed by atoms with E-state index in [0.717, 1.165) is 22.4 Å². The van der Waals surface area contributed by atoms with E-state index in [0.29, 0.717) is 18.1 Å². The number of nitrogens with zero attached hydrogens (tertiary/aromatic N) is 1. The number of aryl methyl sites for hydroxylation is 1. The van der Waals surface area contributed by atoms with Crippen LogP contribution >= 0.6 is 0 Å². The molecule has 4 nitrogen and oxygen atoms in total. The van der Waals surface area contributed by atoms with Crippen LogP contribution in [0, 0.1) is 6.92 Å². The van der Waals surface area contributed by atoms with Gasteiger partial charge in [-0.15, -0.1) is 0 Å². The molecule has 1 heterocycles. The van der Waals surface area contributed by atoms with Crippen LogP contribution in [0.1, 0.15) is 17.0 Å². The molecule has 0 radical (unpaired) electrons. The number of fused-ring (bicyclic) bond motifs is 1. The molecule has 0 aliphatic rings. The maximum absolute atomic E-state index is 5.77. The summed E-state index contributed by atoms with van der Waals surface area (Å²) in [7, 11) is 3.25. The molecule has 0 spiro atoms. The van der Waals surface area contributed by atoms with E-state index in [9.17, 15) is 0 Å². The van der Waals surface area contributed by atoms with Crippen molar-refractivity contribution in [3.8, 4) is 11.5 Å². The average Bonchev–Trinajstić information content (AvgIpc) is 2.88. The first kappa shape index (κ1) is 13.5. The molecule has 1 aromatic heterocycles. The van der Waals surface area contributed by atoms with E-state index >= 15 is 0 Å². The molecule has 0 bridgehead atoms. The Balaban J connectivity index is 1.91. The highest BCUT2D eigenvalue weighted by atomic mass is 16.5. The summed E-state index contributed by atoms with van der Waals surface area (Å²) in [4.78, 5) is 4.53. The molecule has 21 heavy (non-hydrogen) atoms. The van der Waals surface area contributed by atoms with Gasteiger partial charge in [-0.3, -0.25) is 0 Å². The van der Waals surface area contributed by atoms with Gasteiger partial charge in [0, 0.05) is 6.42 Å². The highest BCUT2D eigenvalue weighted by Gasteiger charge is 2.09. The number of hydrogen-bond donors (Lipinski definition) is 0. The van der Waals surface area contributed by atoms with Crippen molar-refractivity contribution in [2.75, 3.05) is 14.2 Å². The first-order valence-electron chi connectivity index (χ1n) is 6.76. The Labute approximate surface area is 123 Å². The van der Waals surface area contributed by atoms with Crippen LogP contribution in [0.3, 0.4) is 0 Å². The van der Waals surface area contributed by atoms with Gasteiger partial charge < -0.3 is 13.9 Å². The Hall–Kier alpha value is -2.49. The monoisotopic (exact) mass is 283 g/mol. The Morgan fingerprint density at radius 2 is 1.81 bits per heavy atom. The molecule has 0 aliphatic heterocycles. The third-order valence-corrected chi connectivity index (χ3v) is 3.39. The maximum atomic E-state index is 5.77. The summed E-state index contributed by atoms with van der Waals surface area (Å²) < 4.78 is 16.3. The number of methoxy groups -OCH3 is 2. The first-order valence-corrected chi connectivity index (χ1v) is 6.76. The van der Waals surface area contributed by atoms with E-state index in [1.807, 2.05) is 43.3 Å². The summed E-state index contributed by atoms with van der Waals surface area (Å²) in [5.41, 5.74) is 3.95. The minimum absolute atomic E-state index is 0.619. The molecule has 0 amide bonds. The fourth-order valence-corrected chi connectivity index (χ4v) is 2.33. The Morgan fingerprint density at radius 3 is 2.57 bits per heavy atom. The average molecular weight is 283 g/mol. The summed E-state index contributed by atoms with van der Waals surface area (Å²) in [6.45, 7) is 2.04. The van der Waals surface area contributed by atoms with Crippen molar-refractivity contribution >= 4 is 11.1 Å². The van der Waals surface area contributed by atoms with Crippen LogP contribution in [0.25, 0.3) is 11.1 Å². The Bertz CT molecular complexity index is 777. The fourth-order valence-electron chi connectivity index (χ4n) is 2.33. The third kappa shape index (κ3) is 2.70. The zero-order valence-corrected chi connectivity index (χ0v) is 12.3. The Morgan fingerprint density at radius 1 is 1.00 bits per heavy atom. The molecule has 2 aromatic carbocycles. The van der Waals surface area contributed by atoms with Crippen molar-refractivity contribution in [3.63, 3.8) is 0 Å². The second-order valence-electron chi connectivity index (χ2n) is 4.94. The van der Waals surface area contributed by atoms with Crippen LogP contribution in [0.2, 0.25) is 0 Å². The molecule has 0 N–H and O–H groups in total. The van der Waals surface area contributed by atoms with E-state index in [1.54, 1.807) is 14.2 Å². The molecule has 0 saturated carbocycles. The third-order valence-electron chi connectivity index (χ3n) is 3.39. The van der Waals surface area contributed by atoms with Gasteiger partial charge in [0.05, 0.1) is 14.2 Å². The van der Waals surface area contributed by atoms with Crippen molar-refractivity contribution < 1.29 is 13.9 Å². The van der Waals surface area contributed by atoms with E-state index in [2.05, 4.69) is 4.98 Å². The van der Waals surface area contributed by atoms with Crippen molar-refractivity contribution in [2.45, 2.75) is 13.3 Å². The van der Waals surface area contributed by atoms with Gasteiger partial charge >= 0.3 is 0 Å². The highest BCUT2D eigenvalue weighted by molar-refractivity contribution is 5.73. The summed E-state index contributed by atoms with van der Waals surface area (Å²) >= 11 is 0. The van der Waals surface area contributed by atoms with E-state index in [-0.39, 0.29) is 0 Å². The molecule has 3 rings (SSSR count). The van der Waals surface area contributed by atoms with Crippen LogP contribution in [0.5, 0.6) is 11.5 Å². The van der Waals surface area contributed by atoms with E-state index in [1.165, 1.54) is 5.56 Å². The molecule has 4 heteroatoms. The second kappa shape index (κ2) is 5.48. The van der Waals surface area contributed by atoms with Crippen LogP contribution in [-0.4, -0.2) is 19.2 Å². The summed E-state index contributed by atoms with van der Waals surface area (Å²) in [6, 6.07) is 11.8. The molecule has 108 valence electrons. The molecular formula is C17H17NO3. The lowest BCUT2D eigenvalue weighted by Gasteiger charge is -2.08. The molecule has 0 atom stereocenters. The predicted octanol–water partition coefficient (Wildman–Crippen LogP) is 3.74. The standard InChI is InChI=1S/C17H17NO3/c1-11-4-6-14-13(8-11)18-17(21-14)10-12-5-7-15(19-2)16(9-12)20-3/h4-9H,10H2,1-3H3. The molecule has 3 aromatic rings. The SMILES string of the molecule is COc1ccc(Cc2nc3cc(C)ccc3o2)cc1OC. The molecule has 0 unspecified atom stereocenters. The smallest absolute Gasteiger partial charge is 0.199 e. The number of benzene rings is 2. The summed E-state index contributed by atoms with van der Waals surface area (Å²) in [5.74, 6) is 2.12. The lowest BCUT2D eigenvalue weighted by atomic mass is 10.1. The normalized spacial score (nSPS) is 10.8. The summed E-state index contributed by atoms with van der Waals surface area (Å²) in [5, 5.41) is 0. The molecule has 0 fully saturated rings. The second-order valence-corrected chi connectivity index (χ2v) is 4.94. The van der Waals surface area contributed by atoms with Gasteiger partial charge in [0.25, 0.3) is 0 Å². The highest BCUT2D eigenvalue weighted by Crippen LogP contribution is 2.28. The number of oxazole rings is 1. The largest absolute Gasteiger partial charge is 0.493 e. The zero-order chi connectivity index (χ0) is 14.8. The van der Waals surface area contributed by atoms with Crippen LogP contribution in [-0.2, 0) is 6.42 Å². The van der Waals surface area contributed by atoms with Gasteiger partial charge in [-0.2, -0.15) is 0 Å².